The van der Waals surface area contributed by atoms with Gasteiger partial charge in [-0.25, -0.2) is 0 Å². The molecule has 4 heterocycles. The molecule has 1 aromatic rings. The van der Waals surface area contributed by atoms with Gasteiger partial charge in [0.15, 0.2) is 0 Å². The van der Waals surface area contributed by atoms with E-state index in [1.54, 1.807) is 15.9 Å². The maximum atomic E-state index is 12.8. The van der Waals surface area contributed by atoms with Crippen molar-refractivity contribution in [2.45, 2.75) is 43.4 Å². The lowest BCUT2D eigenvalue weighted by Crippen LogP contribution is -2.57. The molecule has 0 aromatic carbocycles. The van der Waals surface area contributed by atoms with Crippen molar-refractivity contribution in [1.82, 2.24) is 14.7 Å². The molecule has 9 heteroatoms. The van der Waals surface area contributed by atoms with Crippen LogP contribution in [-0.4, -0.2) is 76.2 Å². The monoisotopic (exact) mass is 387 g/mol. The van der Waals surface area contributed by atoms with E-state index in [9.17, 15) is 14.4 Å². The van der Waals surface area contributed by atoms with Gasteiger partial charge in [0, 0.05) is 19.6 Å². The predicted molar refractivity (Wildman–Crippen MR) is 97.6 cm³/mol. The molecule has 0 aliphatic carbocycles. The van der Waals surface area contributed by atoms with Crippen LogP contribution >= 0.6 is 11.3 Å². The van der Waals surface area contributed by atoms with E-state index in [2.05, 4.69) is 6.07 Å². The molecule has 4 atom stereocenters. The van der Waals surface area contributed by atoms with Crippen LogP contribution in [0.2, 0.25) is 0 Å². The van der Waals surface area contributed by atoms with Gasteiger partial charge in [-0.05, 0) is 30.7 Å². The summed E-state index contributed by atoms with van der Waals surface area (Å²) in [5.74, 6) is -0.529. The van der Waals surface area contributed by atoms with Crippen molar-refractivity contribution < 1.29 is 14.4 Å². The molecular formula is C18H21N5O3S. The largest absolute Gasteiger partial charge is 0.334 e. The Hall–Kier alpha value is -2.44. The van der Waals surface area contributed by atoms with E-state index in [-0.39, 0.29) is 30.3 Å². The van der Waals surface area contributed by atoms with Gasteiger partial charge in [0.2, 0.25) is 11.8 Å². The van der Waals surface area contributed by atoms with Crippen LogP contribution in [0.15, 0.2) is 17.5 Å². The Morgan fingerprint density at radius 1 is 1.41 bits per heavy atom. The number of carbonyl (C=O) groups excluding carboxylic acids is 3. The van der Waals surface area contributed by atoms with Crippen LogP contribution in [-0.2, 0) is 9.59 Å². The first-order valence-corrected chi connectivity index (χ1v) is 10.00. The molecule has 27 heavy (non-hydrogen) atoms. The Bertz CT molecular complexity index is 804. The van der Waals surface area contributed by atoms with E-state index < -0.39 is 18.1 Å². The summed E-state index contributed by atoms with van der Waals surface area (Å²) in [5, 5.41) is 11.0. The Labute approximate surface area is 161 Å². The Balaban J connectivity index is 1.40. The van der Waals surface area contributed by atoms with Crippen molar-refractivity contribution in [3.63, 3.8) is 0 Å². The van der Waals surface area contributed by atoms with Gasteiger partial charge in [-0.1, -0.05) is 6.07 Å². The highest BCUT2D eigenvalue weighted by molar-refractivity contribution is 7.12. The van der Waals surface area contributed by atoms with Crippen molar-refractivity contribution in [2.24, 2.45) is 5.73 Å². The third-order valence-electron chi connectivity index (χ3n) is 5.68. The van der Waals surface area contributed by atoms with Crippen LogP contribution in [0, 0.1) is 11.3 Å². The average molecular weight is 387 g/mol. The fourth-order valence-electron chi connectivity index (χ4n) is 4.32. The van der Waals surface area contributed by atoms with E-state index in [1.165, 1.54) is 16.2 Å². The van der Waals surface area contributed by atoms with Gasteiger partial charge >= 0.3 is 0 Å². The first kappa shape index (κ1) is 17.9. The molecule has 8 nitrogen and oxygen atoms in total. The minimum atomic E-state index is -0.844. The number of thiophene rings is 1. The lowest BCUT2D eigenvalue weighted by molar-refractivity contribution is -0.138. The maximum absolute atomic E-state index is 12.8. The molecule has 3 fully saturated rings. The zero-order chi connectivity index (χ0) is 19.1. The first-order chi connectivity index (χ1) is 13.0. The third-order valence-corrected chi connectivity index (χ3v) is 6.53. The van der Waals surface area contributed by atoms with Gasteiger partial charge in [0.05, 0.1) is 17.0 Å². The number of fused-ring (bicyclic) bond motifs is 2. The number of nitrogens with zero attached hydrogens (tertiary/aromatic N) is 4. The van der Waals surface area contributed by atoms with Gasteiger partial charge in [0.1, 0.15) is 18.1 Å². The van der Waals surface area contributed by atoms with Crippen LogP contribution in [0.25, 0.3) is 0 Å². The average Bonchev–Trinajstić information content (AvgIpc) is 3.45. The Kier molecular flexibility index (Phi) is 4.61. The highest BCUT2D eigenvalue weighted by Gasteiger charge is 2.52. The molecule has 2 N–H and O–H groups in total. The molecule has 0 unspecified atom stereocenters. The fourth-order valence-corrected chi connectivity index (χ4v) is 5.00. The molecule has 142 valence electrons. The number of rotatable bonds is 4. The molecule has 3 aliphatic rings. The van der Waals surface area contributed by atoms with E-state index in [0.717, 1.165) is 6.42 Å². The molecule has 0 radical (unpaired) electrons. The van der Waals surface area contributed by atoms with Crippen molar-refractivity contribution in [3.05, 3.63) is 22.4 Å². The minimum Gasteiger partial charge on any atom is -0.334 e. The molecule has 2 bridgehead atoms. The number of piperazine rings is 1. The summed E-state index contributed by atoms with van der Waals surface area (Å²) in [4.78, 5) is 43.3. The van der Waals surface area contributed by atoms with Gasteiger partial charge in [-0.3, -0.25) is 14.4 Å². The highest BCUT2D eigenvalue weighted by Crippen LogP contribution is 2.33. The van der Waals surface area contributed by atoms with E-state index in [1.807, 2.05) is 11.4 Å². The Morgan fingerprint density at radius 3 is 2.89 bits per heavy atom. The van der Waals surface area contributed by atoms with Crippen LogP contribution < -0.4 is 5.73 Å². The molecule has 3 aliphatic heterocycles. The van der Waals surface area contributed by atoms with E-state index in [0.29, 0.717) is 30.8 Å². The maximum Gasteiger partial charge on any atom is 0.264 e. The van der Waals surface area contributed by atoms with Crippen molar-refractivity contribution in [2.75, 3.05) is 19.6 Å². The van der Waals surface area contributed by atoms with Gasteiger partial charge < -0.3 is 20.4 Å². The summed E-state index contributed by atoms with van der Waals surface area (Å²) in [5.41, 5.74) is 6.09. The van der Waals surface area contributed by atoms with Crippen LogP contribution in [0.3, 0.4) is 0 Å². The fraction of sp³-hybridized carbons (Fsp3) is 0.556. The number of hydrogen-bond acceptors (Lipinski definition) is 6. The van der Waals surface area contributed by atoms with Crippen molar-refractivity contribution in [3.8, 4) is 6.07 Å². The molecule has 1 aromatic heterocycles. The lowest BCUT2D eigenvalue weighted by atomic mass is 10.2. The quantitative estimate of drug-likeness (QED) is 0.783. The third kappa shape index (κ3) is 2.99. The lowest BCUT2D eigenvalue weighted by Gasteiger charge is -2.35. The van der Waals surface area contributed by atoms with Crippen molar-refractivity contribution >= 4 is 29.1 Å². The summed E-state index contributed by atoms with van der Waals surface area (Å²) in [6, 6.07) is 3.88. The van der Waals surface area contributed by atoms with Gasteiger partial charge in [-0.2, -0.15) is 5.26 Å². The molecule has 4 rings (SSSR count). The van der Waals surface area contributed by atoms with E-state index in [4.69, 9.17) is 11.0 Å². The van der Waals surface area contributed by atoms with E-state index >= 15 is 0 Å². The minimum absolute atomic E-state index is 0.101. The normalized spacial score (nSPS) is 27.9. The second-order valence-electron chi connectivity index (χ2n) is 7.26. The van der Waals surface area contributed by atoms with Crippen molar-refractivity contribution in [1.29, 1.82) is 5.26 Å². The molecule has 0 saturated carbocycles. The molecule has 3 saturated heterocycles. The second-order valence-corrected chi connectivity index (χ2v) is 8.20. The van der Waals surface area contributed by atoms with Crippen LogP contribution in [0.4, 0.5) is 0 Å². The number of nitrogens with two attached hydrogens (primary N) is 1. The van der Waals surface area contributed by atoms with Gasteiger partial charge in [-0.15, -0.1) is 11.3 Å². The summed E-state index contributed by atoms with van der Waals surface area (Å²) < 4.78 is 0. The molecule has 3 amide bonds. The summed E-state index contributed by atoms with van der Waals surface area (Å²) >= 11 is 1.37. The SMILES string of the molecule is N#C[C@@H]1CCCN1C(=O)[C@@H](N)CN1C(=O)[C@@H]2C[C@H]1CN2C(=O)c1cccs1. The number of amides is 3. The first-order valence-electron chi connectivity index (χ1n) is 9.12. The number of nitriles is 1. The number of hydrogen-bond donors (Lipinski definition) is 1. The summed E-state index contributed by atoms with van der Waals surface area (Å²) in [6.45, 7) is 1.14. The summed E-state index contributed by atoms with van der Waals surface area (Å²) in [6.07, 6.45) is 2.05. The standard InChI is InChI=1S/C18H21N5O3S/c19-8-11-3-1-5-21(11)16(24)13(20)10-22-12-7-14(17(22)25)23(9-12)18(26)15-4-2-6-27-15/h2,4,6,11-14H,1,3,5,7,9-10,20H2/t11-,12-,13-,14-/m0/s1. The van der Waals surface area contributed by atoms with Crippen LogP contribution in [0.1, 0.15) is 28.9 Å². The highest BCUT2D eigenvalue weighted by atomic mass is 32.1. The summed E-state index contributed by atoms with van der Waals surface area (Å²) in [7, 11) is 0. The Morgan fingerprint density at radius 2 is 2.22 bits per heavy atom. The van der Waals surface area contributed by atoms with Crippen LogP contribution in [0.5, 0.6) is 0 Å². The zero-order valence-corrected chi connectivity index (χ0v) is 15.6. The number of carbonyl (C=O) groups is 3. The van der Waals surface area contributed by atoms with Gasteiger partial charge in [0.25, 0.3) is 5.91 Å². The molecule has 0 spiro atoms. The zero-order valence-electron chi connectivity index (χ0n) is 14.8. The topological polar surface area (TPSA) is 111 Å². The second kappa shape index (κ2) is 6.94. The molecular weight excluding hydrogens is 366 g/mol. The smallest absolute Gasteiger partial charge is 0.264 e. The predicted octanol–water partition coefficient (Wildman–Crippen LogP) is 0.0153. The number of likely N-dealkylation sites (tertiary alicyclic amines) is 3.